The average molecular weight is 287 g/mol. The minimum absolute atomic E-state index is 0.0856. The SMILES string of the molecule is CC(C)(C)c1nc(C(=O)N2CCNC[C@H]2C(F)F)co1. The lowest BCUT2D eigenvalue weighted by molar-refractivity contribution is 0.0123. The second-order valence-electron chi connectivity index (χ2n) is 5.89. The predicted molar refractivity (Wildman–Crippen MR) is 68.9 cm³/mol. The molecule has 1 aromatic heterocycles. The maximum atomic E-state index is 13.0. The van der Waals surface area contributed by atoms with E-state index in [9.17, 15) is 13.6 Å². The van der Waals surface area contributed by atoms with Gasteiger partial charge in [-0.15, -0.1) is 0 Å². The normalized spacial score (nSPS) is 20.5. The fourth-order valence-corrected chi connectivity index (χ4v) is 2.07. The van der Waals surface area contributed by atoms with Gasteiger partial charge in [0.1, 0.15) is 12.3 Å². The highest BCUT2D eigenvalue weighted by molar-refractivity contribution is 5.92. The third-order valence-electron chi connectivity index (χ3n) is 3.20. The fraction of sp³-hybridized carbons (Fsp3) is 0.692. The first-order chi connectivity index (χ1) is 9.30. The molecule has 1 aromatic rings. The molecule has 112 valence electrons. The summed E-state index contributed by atoms with van der Waals surface area (Å²) in [5.41, 5.74) is -0.244. The smallest absolute Gasteiger partial charge is 0.276 e. The second-order valence-corrected chi connectivity index (χ2v) is 5.89. The van der Waals surface area contributed by atoms with E-state index in [-0.39, 0.29) is 24.2 Å². The number of hydrogen-bond donors (Lipinski definition) is 1. The molecule has 20 heavy (non-hydrogen) atoms. The van der Waals surface area contributed by atoms with E-state index in [0.29, 0.717) is 12.4 Å². The van der Waals surface area contributed by atoms with Crippen molar-refractivity contribution in [3.05, 3.63) is 17.8 Å². The molecule has 2 rings (SSSR count). The molecular formula is C13H19F2N3O2. The fourth-order valence-electron chi connectivity index (χ4n) is 2.07. The summed E-state index contributed by atoms with van der Waals surface area (Å²) < 4.78 is 31.2. The Morgan fingerprint density at radius 1 is 1.55 bits per heavy atom. The molecule has 1 atom stereocenters. The molecular weight excluding hydrogens is 268 g/mol. The quantitative estimate of drug-likeness (QED) is 0.898. The van der Waals surface area contributed by atoms with E-state index in [1.165, 1.54) is 11.2 Å². The van der Waals surface area contributed by atoms with Crippen LogP contribution in [0.3, 0.4) is 0 Å². The Balaban J connectivity index is 2.19. The maximum absolute atomic E-state index is 13.0. The highest BCUT2D eigenvalue weighted by Gasteiger charge is 2.35. The van der Waals surface area contributed by atoms with Crippen LogP contribution in [-0.4, -0.2) is 47.9 Å². The van der Waals surface area contributed by atoms with Gasteiger partial charge in [-0.3, -0.25) is 4.79 Å². The van der Waals surface area contributed by atoms with Crippen molar-refractivity contribution in [2.24, 2.45) is 0 Å². The number of oxazole rings is 1. The summed E-state index contributed by atoms with van der Waals surface area (Å²) in [6.45, 7) is 6.54. The Labute approximate surface area is 116 Å². The zero-order chi connectivity index (χ0) is 14.9. The molecule has 0 aliphatic carbocycles. The van der Waals surface area contributed by atoms with E-state index in [1.54, 1.807) is 0 Å². The third-order valence-corrected chi connectivity index (χ3v) is 3.20. The highest BCUT2D eigenvalue weighted by atomic mass is 19.3. The number of nitrogens with one attached hydrogen (secondary N) is 1. The average Bonchev–Trinajstić information content (AvgIpc) is 2.87. The first kappa shape index (κ1) is 14.9. The van der Waals surface area contributed by atoms with Gasteiger partial charge in [0.2, 0.25) is 0 Å². The molecule has 1 aliphatic rings. The topological polar surface area (TPSA) is 58.4 Å². The summed E-state index contributed by atoms with van der Waals surface area (Å²) in [6, 6.07) is -1.12. The predicted octanol–water partition coefficient (Wildman–Crippen LogP) is 1.65. The molecule has 1 saturated heterocycles. The van der Waals surface area contributed by atoms with Gasteiger partial charge in [-0.05, 0) is 0 Å². The highest BCUT2D eigenvalue weighted by Crippen LogP contribution is 2.22. The monoisotopic (exact) mass is 287 g/mol. The molecule has 0 bridgehead atoms. The van der Waals surface area contributed by atoms with Crippen molar-refractivity contribution in [1.29, 1.82) is 0 Å². The molecule has 0 spiro atoms. The van der Waals surface area contributed by atoms with Crippen LogP contribution in [0.25, 0.3) is 0 Å². The van der Waals surface area contributed by atoms with Crippen molar-refractivity contribution in [2.45, 2.75) is 38.7 Å². The maximum Gasteiger partial charge on any atom is 0.276 e. The van der Waals surface area contributed by atoms with Gasteiger partial charge >= 0.3 is 0 Å². The Hall–Kier alpha value is -1.50. The van der Waals surface area contributed by atoms with Crippen molar-refractivity contribution in [1.82, 2.24) is 15.2 Å². The van der Waals surface area contributed by atoms with Crippen molar-refractivity contribution >= 4 is 5.91 Å². The molecule has 0 unspecified atom stereocenters. The van der Waals surface area contributed by atoms with E-state index >= 15 is 0 Å². The molecule has 2 heterocycles. The minimum atomic E-state index is -2.58. The van der Waals surface area contributed by atoms with Crippen molar-refractivity contribution in [3.8, 4) is 0 Å². The van der Waals surface area contributed by atoms with Crippen LogP contribution >= 0.6 is 0 Å². The summed E-state index contributed by atoms with van der Waals surface area (Å²) in [5, 5.41) is 2.86. The largest absolute Gasteiger partial charge is 0.448 e. The van der Waals surface area contributed by atoms with Gasteiger partial charge in [0.25, 0.3) is 12.3 Å². The standard InChI is InChI=1S/C13H19F2N3O2/c1-13(2,3)12-17-8(7-20-12)11(19)18-5-4-16-6-9(18)10(14)15/h7,9-10,16H,4-6H2,1-3H3/t9-/m0/s1. The molecule has 0 radical (unpaired) electrons. The van der Waals surface area contributed by atoms with E-state index in [0.717, 1.165) is 0 Å². The summed E-state index contributed by atoms with van der Waals surface area (Å²) in [6.07, 6.45) is -1.34. The number of hydrogen-bond acceptors (Lipinski definition) is 4. The van der Waals surface area contributed by atoms with Crippen molar-refractivity contribution in [2.75, 3.05) is 19.6 Å². The molecule has 1 N–H and O–H groups in total. The number of amides is 1. The van der Waals surface area contributed by atoms with Crippen LogP contribution in [0.15, 0.2) is 10.7 Å². The number of alkyl halides is 2. The van der Waals surface area contributed by atoms with Crippen LogP contribution in [0.1, 0.15) is 37.2 Å². The Bertz CT molecular complexity index is 482. The molecule has 7 heteroatoms. The first-order valence-corrected chi connectivity index (χ1v) is 6.56. The van der Waals surface area contributed by atoms with Gasteiger partial charge in [-0.2, -0.15) is 0 Å². The molecule has 1 fully saturated rings. The Kier molecular flexibility index (Phi) is 4.08. The third kappa shape index (κ3) is 2.98. The lowest BCUT2D eigenvalue weighted by atomic mass is 9.97. The van der Waals surface area contributed by atoms with Crippen LogP contribution in [0.5, 0.6) is 0 Å². The van der Waals surface area contributed by atoms with Crippen molar-refractivity contribution in [3.63, 3.8) is 0 Å². The Morgan fingerprint density at radius 3 is 2.80 bits per heavy atom. The molecule has 1 aliphatic heterocycles. The Morgan fingerprint density at radius 2 is 2.25 bits per heavy atom. The van der Waals surface area contributed by atoms with E-state index in [1.807, 2.05) is 20.8 Å². The number of carbonyl (C=O) groups excluding carboxylic acids is 1. The lowest BCUT2D eigenvalue weighted by Gasteiger charge is -2.35. The van der Waals surface area contributed by atoms with Crippen LogP contribution < -0.4 is 5.32 Å². The van der Waals surface area contributed by atoms with E-state index in [4.69, 9.17) is 4.42 Å². The lowest BCUT2D eigenvalue weighted by Crippen LogP contribution is -2.56. The van der Waals surface area contributed by atoms with Gasteiger partial charge < -0.3 is 14.6 Å². The van der Waals surface area contributed by atoms with Gasteiger partial charge in [0.05, 0.1) is 0 Å². The number of piperazine rings is 1. The first-order valence-electron chi connectivity index (χ1n) is 6.56. The van der Waals surface area contributed by atoms with E-state index in [2.05, 4.69) is 10.3 Å². The van der Waals surface area contributed by atoms with Crippen LogP contribution in [0.4, 0.5) is 8.78 Å². The summed E-state index contributed by atoms with van der Waals surface area (Å²) in [7, 11) is 0. The molecule has 0 aromatic carbocycles. The summed E-state index contributed by atoms with van der Waals surface area (Å²) >= 11 is 0. The van der Waals surface area contributed by atoms with Crippen LogP contribution in [0, 0.1) is 0 Å². The zero-order valence-electron chi connectivity index (χ0n) is 11.8. The zero-order valence-corrected chi connectivity index (χ0v) is 11.8. The number of nitrogens with zero attached hydrogens (tertiary/aromatic N) is 2. The number of carbonyl (C=O) groups is 1. The number of rotatable bonds is 2. The minimum Gasteiger partial charge on any atom is -0.448 e. The van der Waals surface area contributed by atoms with Crippen molar-refractivity contribution < 1.29 is 18.0 Å². The van der Waals surface area contributed by atoms with Gasteiger partial charge in [0.15, 0.2) is 11.6 Å². The van der Waals surface area contributed by atoms with Crippen LogP contribution in [-0.2, 0) is 5.41 Å². The van der Waals surface area contributed by atoms with Crippen LogP contribution in [0.2, 0.25) is 0 Å². The van der Waals surface area contributed by atoms with Gasteiger partial charge in [-0.25, -0.2) is 13.8 Å². The number of aromatic nitrogens is 1. The summed E-state index contributed by atoms with van der Waals surface area (Å²) in [5.74, 6) is -0.0827. The summed E-state index contributed by atoms with van der Waals surface area (Å²) in [4.78, 5) is 17.6. The molecule has 5 nitrogen and oxygen atoms in total. The second kappa shape index (κ2) is 5.47. The van der Waals surface area contributed by atoms with Gasteiger partial charge in [0, 0.05) is 25.0 Å². The van der Waals surface area contributed by atoms with E-state index < -0.39 is 18.4 Å². The molecule has 1 amide bonds. The number of halogens is 2. The molecule has 0 saturated carbocycles. The van der Waals surface area contributed by atoms with Gasteiger partial charge in [-0.1, -0.05) is 20.8 Å².